The Morgan fingerprint density at radius 2 is 1.96 bits per heavy atom. The molecule has 2 aromatic rings. The zero-order chi connectivity index (χ0) is 16.4. The predicted octanol–water partition coefficient (Wildman–Crippen LogP) is 2.44. The Balaban J connectivity index is 1.78. The standard InChI is InChI=1S/C16H20N4O2S/c1-11-5-3-4-6-14(11)19-15-9-12(2)17-16(20-15)18-13-7-8-23(21,22)10-13/h3-6,9,13H,7-8,10H2,1-2H3,(H2,17,18,19,20). The number of benzene rings is 1. The van der Waals surface area contributed by atoms with Crippen molar-refractivity contribution in [3.8, 4) is 0 Å². The molecule has 7 heteroatoms. The van der Waals surface area contributed by atoms with E-state index in [2.05, 4.69) is 20.6 Å². The zero-order valence-corrected chi connectivity index (χ0v) is 14.0. The molecule has 1 aromatic heterocycles. The van der Waals surface area contributed by atoms with Crippen LogP contribution in [0.1, 0.15) is 17.7 Å². The number of anilines is 3. The van der Waals surface area contributed by atoms with Crippen LogP contribution in [0.5, 0.6) is 0 Å². The highest BCUT2D eigenvalue weighted by Gasteiger charge is 2.28. The lowest BCUT2D eigenvalue weighted by atomic mass is 10.2. The van der Waals surface area contributed by atoms with Crippen molar-refractivity contribution >= 4 is 27.3 Å². The van der Waals surface area contributed by atoms with Gasteiger partial charge in [-0.2, -0.15) is 4.98 Å². The molecular formula is C16H20N4O2S. The average molecular weight is 332 g/mol. The van der Waals surface area contributed by atoms with E-state index in [0.717, 1.165) is 16.9 Å². The highest BCUT2D eigenvalue weighted by atomic mass is 32.2. The maximum absolute atomic E-state index is 11.6. The van der Waals surface area contributed by atoms with Gasteiger partial charge in [0.25, 0.3) is 0 Å². The van der Waals surface area contributed by atoms with Gasteiger partial charge in [0.05, 0.1) is 11.5 Å². The van der Waals surface area contributed by atoms with Crippen LogP contribution >= 0.6 is 0 Å². The van der Waals surface area contributed by atoms with E-state index in [1.807, 2.05) is 44.2 Å². The Bertz CT molecular complexity index is 821. The Hall–Kier alpha value is -2.15. The van der Waals surface area contributed by atoms with Crippen molar-refractivity contribution in [3.63, 3.8) is 0 Å². The maximum Gasteiger partial charge on any atom is 0.225 e. The Kier molecular flexibility index (Phi) is 4.21. The fraction of sp³-hybridized carbons (Fsp3) is 0.375. The van der Waals surface area contributed by atoms with E-state index in [4.69, 9.17) is 0 Å². The summed E-state index contributed by atoms with van der Waals surface area (Å²) in [7, 11) is -2.92. The molecule has 2 N–H and O–H groups in total. The first-order chi connectivity index (χ1) is 10.9. The number of para-hydroxylation sites is 1. The van der Waals surface area contributed by atoms with Crippen molar-refractivity contribution in [2.75, 3.05) is 22.1 Å². The molecule has 0 spiro atoms. The van der Waals surface area contributed by atoms with Gasteiger partial charge in [0.2, 0.25) is 5.95 Å². The molecule has 1 aliphatic rings. The molecule has 1 aliphatic heterocycles. The van der Waals surface area contributed by atoms with Crippen molar-refractivity contribution in [2.45, 2.75) is 26.3 Å². The van der Waals surface area contributed by atoms with E-state index in [9.17, 15) is 8.42 Å². The predicted molar refractivity (Wildman–Crippen MR) is 91.9 cm³/mol. The van der Waals surface area contributed by atoms with Gasteiger partial charge in [-0.1, -0.05) is 18.2 Å². The van der Waals surface area contributed by atoms with Crippen LogP contribution in [0, 0.1) is 13.8 Å². The minimum absolute atomic E-state index is 0.117. The summed E-state index contributed by atoms with van der Waals surface area (Å²) in [6.07, 6.45) is 0.597. The van der Waals surface area contributed by atoms with Crippen molar-refractivity contribution < 1.29 is 8.42 Å². The monoisotopic (exact) mass is 332 g/mol. The van der Waals surface area contributed by atoms with Crippen molar-refractivity contribution in [3.05, 3.63) is 41.6 Å². The summed E-state index contributed by atoms with van der Waals surface area (Å²) in [5.74, 6) is 1.52. The van der Waals surface area contributed by atoms with Gasteiger partial charge in [0.15, 0.2) is 9.84 Å². The first kappa shape index (κ1) is 15.7. The number of hydrogen-bond donors (Lipinski definition) is 2. The number of aryl methyl sites for hydroxylation is 2. The summed E-state index contributed by atoms with van der Waals surface area (Å²) in [4.78, 5) is 8.81. The molecule has 23 heavy (non-hydrogen) atoms. The molecule has 0 amide bonds. The SMILES string of the molecule is Cc1cc(Nc2ccccc2C)nc(NC2CCS(=O)(=O)C2)n1. The molecule has 0 saturated carbocycles. The molecule has 0 bridgehead atoms. The summed E-state index contributed by atoms with van der Waals surface area (Å²) in [6, 6.07) is 9.71. The van der Waals surface area contributed by atoms with Gasteiger partial charge in [-0.15, -0.1) is 0 Å². The van der Waals surface area contributed by atoms with Crippen LogP contribution in [0.4, 0.5) is 17.5 Å². The molecule has 1 aromatic carbocycles. The average Bonchev–Trinajstić information content (AvgIpc) is 2.80. The Morgan fingerprint density at radius 1 is 1.17 bits per heavy atom. The van der Waals surface area contributed by atoms with E-state index in [-0.39, 0.29) is 17.5 Å². The largest absolute Gasteiger partial charge is 0.350 e. The molecule has 1 atom stereocenters. The summed E-state index contributed by atoms with van der Waals surface area (Å²) in [5.41, 5.74) is 2.93. The Labute approximate surface area is 136 Å². The number of aromatic nitrogens is 2. The number of sulfone groups is 1. The first-order valence-electron chi connectivity index (χ1n) is 7.56. The smallest absolute Gasteiger partial charge is 0.225 e. The van der Waals surface area contributed by atoms with Gasteiger partial charge in [-0.25, -0.2) is 13.4 Å². The molecule has 1 unspecified atom stereocenters. The Morgan fingerprint density at radius 3 is 2.65 bits per heavy atom. The van der Waals surface area contributed by atoms with E-state index in [1.165, 1.54) is 0 Å². The lowest BCUT2D eigenvalue weighted by Gasteiger charge is -2.14. The van der Waals surface area contributed by atoms with E-state index < -0.39 is 9.84 Å². The van der Waals surface area contributed by atoms with Crippen LogP contribution in [0.2, 0.25) is 0 Å². The van der Waals surface area contributed by atoms with Crippen molar-refractivity contribution in [1.29, 1.82) is 0 Å². The number of hydrogen-bond acceptors (Lipinski definition) is 6. The maximum atomic E-state index is 11.6. The fourth-order valence-electron chi connectivity index (χ4n) is 2.64. The van der Waals surface area contributed by atoms with Gasteiger partial charge in [-0.3, -0.25) is 0 Å². The van der Waals surface area contributed by atoms with Crippen LogP contribution in [0.15, 0.2) is 30.3 Å². The zero-order valence-electron chi connectivity index (χ0n) is 13.2. The molecule has 3 rings (SSSR count). The van der Waals surface area contributed by atoms with Crippen LogP contribution in [-0.2, 0) is 9.84 Å². The third kappa shape index (κ3) is 3.98. The molecule has 6 nitrogen and oxygen atoms in total. The summed E-state index contributed by atoms with van der Waals surface area (Å²) < 4.78 is 23.1. The first-order valence-corrected chi connectivity index (χ1v) is 9.39. The normalized spacial score (nSPS) is 19.5. The summed E-state index contributed by atoms with van der Waals surface area (Å²) in [6.45, 7) is 3.92. The van der Waals surface area contributed by atoms with E-state index in [0.29, 0.717) is 18.2 Å². The van der Waals surface area contributed by atoms with E-state index in [1.54, 1.807) is 0 Å². The molecule has 0 radical (unpaired) electrons. The number of rotatable bonds is 4. The molecule has 1 fully saturated rings. The molecule has 0 aliphatic carbocycles. The highest BCUT2D eigenvalue weighted by molar-refractivity contribution is 7.91. The number of nitrogens with one attached hydrogen (secondary N) is 2. The fourth-order valence-corrected chi connectivity index (χ4v) is 4.31. The van der Waals surface area contributed by atoms with Gasteiger partial charge in [0, 0.05) is 23.5 Å². The topological polar surface area (TPSA) is 84.0 Å². The third-order valence-electron chi connectivity index (χ3n) is 3.83. The van der Waals surface area contributed by atoms with E-state index >= 15 is 0 Å². The van der Waals surface area contributed by atoms with Gasteiger partial charge < -0.3 is 10.6 Å². The minimum Gasteiger partial charge on any atom is -0.350 e. The molecular weight excluding hydrogens is 312 g/mol. The molecule has 2 heterocycles. The van der Waals surface area contributed by atoms with Crippen molar-refractivity contribution in [2.24, 2.45) is 0 Å². The lowest BCUT2D eigenvalue weighted by molar-refractivity contribution is 0.602. The molecule has 1 saturated heterocycles. The van der Waals surface area contributed by atoms with Gasteiger partial charge in [-0.05, 0) is 31.9 Å². The second kappa shape index (κ2) is 6.16. The summed E-state index contributed by atoms with van der Waals surface area (Å²) in [5, 5.41) is 6.42. The van der Waals surface area contributed by atoms with Gasteiger partial charge in [0.1, 0.15) is 5.82 Å². The number of nitrogens with zero attached hydrogens (tertiary/aromatic N) is 2. The van der Waals surface area contributed by atoms with Gasteiger partial charge >= 0.3 is 0 Å². The van der Waals surface area contributed by atoms with Crippen LogP contribution < -0.4 is 10.6 Å². The second-order valence-electron chi connectivity index (χ2n) is 5.90. The highest BCUT2D eigenvalue weighted by Crippen LogP contribution is 2.21. The summed E-state index contributed by atoms with van der Waals surface area (Å²) >= 11 is 0. The van der Waals surface area contributed by atoms with Crippen molar-refractivity contribution in [1.82, 2.24) is 9.97 Å². The molecule has 122 valence electrons. The second-order valence-corrected chi connectivity index (χ2v) is 8.13. The van der Waals surface area contributed by atoms with Crippen LogP contribution in [0.25, 0.3) is 0 Å². The minimum atomic E-state index is -2.92. The lowest BCUT2D eigenvalue weighted by Crippen LogP contribution is -2.22. The third-order valence-corrected chi connectivity index (χ3v) is 5.60. The quantitative estimate of drug-likeness (QED) is 0.894. The van der Waals surface area contributed by atoms with Crippen LogP contribution in [-0.4, -0.2) is 35.9 Å². The van der Waals surface area contributed by atoms with Crippen LogP contribution in [0.3, 0.4) is 0 Å².